The van der Waals surface area contributed by atoms with Crippen LogP contribution in [0.1, 0.15) is 34.8 Å². The zero-order valence-corrected chi connectivity index (χ0v) is 16.8. The minimum Gasteiger partial charge on any atom is -0.454 e. The number of carbonyl (C=O) groups excluding carboxylic acids is 3. The molecule has 1 aliphatic heterocycles. The summed E-state index contributed by atoms with van der Waals surface area (Å²) in [5.41, 5.74) is 3.41. The van der Waals surface area contributed by atoms with Gasteiger partial charge in [0, 0.05) is 29.2 Å². The third-order valence-electron chi connectivity index (χ3n) is 5.05. The van der Waals surface area contributed by atoms with E-state index in [-0.39, 0.29) is 24.7 Å². The van der Waals surface area contributed by atoms with Crippen LogP contribution in [0.15, 0.2) is 42.5 Å². The van der Waals surface area contributed by atoms with Gasteiger partial charge in [-0.25, -0.2) is 0 Å². The highest BCUT2D eigenvalue weighted by atomic mass is 35.5. The topological polar surface area (TPSA) is 63.7 Å². The smallest absolute Gasteiger partial charge is 0.312 e. The summed E-state index contributed by atoms with van der Waals surface area (Å²) in [5, 5.41) is 0.525. The highest BCUT2D eigenvalue weighted by Crippen LogP contribution is 2.28. The molecule has 0 aliphatic carbocycles. The van der Waals surface area contributed by atoms with Gasteiger partial charge >= 0.3 is 5.97 Å². The van der Waals surface area contributed by atoms with E-state index in [1.54, 1.807) is 29.2 Å². The van der Waals surface area contributed by atoms with E-state index in [9.17, 15) is 14.4 Å². The first-order valence-electron chi connectivity index (χ1n) is 9.14. The summed E-state index contributed by atoms with van der Waals surface area (Å²) in [5.74, 6) is -1.55. The number of aryl methyl sites for hydroxylation is 2. The van der Waals surface area contributed by atoms with E-state index in [1.807, 2.05) is 32.0 Å². The predicted octanol–water partition coefficient (Wildman–Crippen LogP) is 4.12. The van der Waals surface area contributed by atoms with Crippen molar-refractivity contribution in [2.45, 2.75) is 33.3 Å². The fraction of sp³-hybridized carbons (Fsp3) is 0.318. The Morgan fingerprint density at radius 3 is 2.43 bits per heavy atom. The number of ketones is 1. The number of rotatable bonds is 5. The predicted molar refractivity (Wildman–Crippen MR) is 108 cm³/mol. The Kier molecular flexibility index (Phi) is 5.84. The number of hydrogen-bond acceptors (Lipinski definition) is 4. The van der Waals surface area contributed by atoms with E-state index in [4.69, 9.17) is 16.3 Å². The fourth-order valence-electron chi connectivity index (χ4n) is 3.18. The zero-order valence-electron chi connectivity index (χ0n) is 16.1. The van der Waals surface area contributed by atoms with Gasteiger partial charge in [0.1, 0.15) is 0 Å². The highest BCUT2D eigenvalue weighted by Gasteiger charge is 2.37. The molecule has 2 aromatic carbocycles. The lowest BCUT2D eigenvalue weighted by Crippen LogP contribution is -2.30. The molecule has 1 fully saturated rings. The summed E-state index contributed by atoms with van der Waals surface area (Å²) >= 11 is 5.83. The molecule has 0 bridgehead atoms. The van der Waals surface area contributed by atoms with Gasteiger partial charge in [-0.2, -0.15) is 0 Å². The SMILES string of the molecule is Cc1ccc(N2C[C@@H](C(=O)O[C@H](C)C(=O)c3ccc(Cl)cc3)CC2=O)cc1C. The molecule has 0 saturated carbocycles. The first kappa shape index (κ1) is 20.1. The third kappa shape index (κ3) is 4.25. The van der Waals surface area contributed by atoms with E-state index in [2.05, 4.69) is 0 Å². The second-order valence-corrected chi connectivity index (χ2v) is 7.56. The quantitative estimate of drug-likeness (QED) is 0.560. The van der Waals surface area contributed by atoms with Crippen LogP contribution in [0.5, 0.6) is 0 Å². The monoisotopic (exact) mass is 399 g/mol. The van der Waals surface area contributed by atoms with Crippen molar-refractivity contribution >= 4 is 34.9 Å². The molecule has 146 valence electrons. The second-order valence-electron chi connectivity index (χ2n) is 7.12. The molecule has 1 heterocycles. The summed E-state index contributed by atoms with van der Waals surface area (Å²) < 4.78 is 5.36. The molecule has 6 heteroatoms. The van der Waals surface area contributed by atoms with Gasteiger partial charge in [0.2, 0.25) is 11.7 Å². The molecule has 1 aliphatic rings. The van der Waals surface area contributed by atoms with Crippen LogP contribution in [0, 0.1) is 19.8 Å². The van der Waals surface area contributed by atoms with Gasteiger partial charge in [-0.05, 0) is 68.3 Å². The number of Topliss-reactive ketones (excluding diaryl/α,β-unsaturated/α-hetero) is 1. The fourth-order valence-corrected chi connectivity index (χ4v) is 3.31. The van der Waals surface area contributed by atoms with Crippen molar-refractivity contribution in [2.75, 3.05) is 11.4 Å². The van der Waals surface area contributed by atoms with Crippen LogP contribution in [0.3, 0.4) is 0 Å². The number of amides is 1. The lowest BCUT2D eigenvalue weighted by molar-refractivity contribution is -0.151. The number of nitrogens with zero attached hydrogens (tertiary/aromatic N) is 1. The molecule has 3 rings (SSSR count). The molecule has 1 amide bonds. The Morgan fingerprint density at radius 2 is 1.79 bits per heavy atom. The molecular weight excluding hydrogens is 378 g/mol. The third-order valence-corrected chi connectivity index (χ3v) is 5.30. The van der Waals surface area contributed by atoms with Crippen LogP contribution in [0.25, 0.3) is 0 Å². The van der Waals surface area contributed by atoms with E-state index in [0.717, 1.165) is 16.8 Å². The van der Waals surface area contributed by atoms with Crippen LogP contribution >= 0.6 is 11.6 Å². The van der Waals surface area contributed by atoms with Gasteiger partial charge in [-0.3, -0.25) is 14.4 Å². The van der Waals surface area contributed by atoms with Crippen molar-refractivity contribution in [3.05, 3.63) is 64.2 Å². The van der Waals surface area contributed by atoms with Crippen molar-refractivity contribution in [3.8, 4) is 0 Å². The van der Waals surface area contributed by atoms with Crippen LogP contribution in [0.2, 0.25) is 5.02 Å². The molecular formula is C22H22ClNO4. The average molecular weight is 400 g/mol. The van der Waals surface area contributed by atoms with Gasteiger partial charge in [-0.1, -0.05) is 17.7 Å². The highest BCUT2D eigenvalue weighted by molar-refractivity contribution is 6.30. The Bertz CT molecular complexity index is 923. The maximum atomic E-state index is 12.5. The number of benzene rings is 2. The van der Waals surface area contributed by atoms with Crippen molar-refractivity contribution in [1.82, 2.24) is 0 Å². The first-order chi connectivity index (χ1) is 13.3. The Hall–Kier alpha value is -2.66. The van der Waals surface area contributed by atoms with E-state index < -0.39 is 18.0 Å². The molecule has 2 aromatic rings. The van der Waals surface area contributed by atoms with Crippen LogP contribution < -0.4 is 4.90 Å². The minimum atomic E-state index is -0.931. The molecule has 5 nitrogen and oxygen atoms in total. The zero-order chi connectivity index (χ0) is 20.4. The summed E-state index contributed by atoms with van der Waals surface area (Å²) in [4.78, 5) is 38.9. The van der Waals surface area contributed by atoms with Crippen LogP contribution in [-0.4, -0.2) is 30.3 Å². The number of esters is 1. The van der Waals surface area contributed by atoms with Crippen LogP contribution in [0.4, 0.5) is 5.69 Å². The van der Waals surface area contributed by atoms with Crippen LogP contribution in [-0.2, 0) is 14.3 Å². The van der Waals surface area contributed by atoms with Crippen molar-refractivity contribution in [1.29, 1.82) is 0 Å². The van der Waals surface area contributed by atoms with E-state index in [1.165, 1.54) is 6.92 Å². The maximum absolute atomic E-state index is 12.5. The standard InChI is InChI=1S/C22H22ClNO4/c1-13-4-9-19(10-14(13)2)24-12-17(11-20(24)25)22(27)28-15(3)21(26)16-5-7-18(23)8-6-16/h4-10,15,17H,11-12H2,1-3H3/t15-,17+/m1/s1. The number of anilines is 1. The molecule has 0 aromatic heterocycles. The number of halogens is 1. The number of hydrogen-bond donors (Lipinski definition) is 0. The van der Waals surface area contributed by atoms with E-state index in [0.29, 0.717) is 10.6 Å². The van der Waals surface area contributed by atoms with Gasteiger partial charge in [0.05, 0.1) is 5.92 Å². The molecule has 1 saturated heterocycles. The summed E-state index contributed by atoms with van der Waals surface area (Å²) in [6.45, 7) is 5.77. The van der Waals surface area contributed by atoms with Crippen molar-refractivity contribution < 1.29 is 19.1 Å². The molecule has 0 unspecified atom stereocenters. The largest absolute Gasteiger partial charge is 0.454 e. The minimum absolute atomic E-state index is 0.0770. The van der Waals surface area contributed by atoms with Gasteiger partial charge in [0.15, 0.2) is 6.10 Å². The number of carbonyl (C=O) groups is 3. The normalized spacial score (nSPS) is 17.5. The second kappa shape index (κ2) is 8.15. The lowest BCUT2D eigenvalue weighted by atomic mass is 10.1. The Balaban J connectivity index is 1.64. The van der Waals surface area contributed by atoms with Gasteiger partial charge in [0.25, 0.3) is 0 Å². The molecule has 0 spiro atoms. The molecule has 2 atom stereocenters. The summed E-state index contributed by atoms with van der Waals surface area (Å²) in [7, 11) is 0. The molecule has 0 N–H and O–H groups in total. The van der Waals surface area contributed by atoms with Gasteiger partial charge in [-0.15, -0.1) is 0 Å². The van der Waals surface area contributed by atoms with Crippen molar-refractivity contribution in [2.24, 2.45) is 5.92 Å². The Labute approximate surface area is 169 Å². The van der Waals surface area contributed by atoms with E-state index >= 15 is 0 Å². The molecule has 28 heavy (non-hydrogen) atoms. The first-order valence-corrected chi connectivity index (χ1v) is 9.52. The van der Waals surface area contributed by atoms with Crippen molar-refractivity contribution in [3.63, 3.8) is 0 Å². The summed E-state index contributed by atoms with van der Waals surface area (Å²) in [6.07, 6.45) is -0.854. The average Bonchev–Trinajstić information content (AvgIpc) is 3.06. The molecule has 0 radical (unpaired) electrons. The lowest BCUT2D eigenvalue weighted by Gasteiger charge is -2.18. The Morgan fingerprint density at radius 1 is 1.11 bits per heavy atom. The number of ether oxygens (including phenoxy) is 1. The van der Waals surface area contributed by atoms with Gasteiger partial charge < -0.3 is 9.64 Å². The maximum Gasteiger partial charge on any atom is 0.312 e. The summed E-state index contributed by atoms with van der Waals surface area (Å²) in [6, 6.07) is 12.2.